The van der Waals surface area contributed by atoms with E-state index >= 15 is 0 Å². The monoisotopic (exact) mass is 420 g/mol. The molecule has 0 saturated carbocycles. The number of rotatable bonds is 7. The van der Waals surface area contributed by atoms with Gasteiger partial charge in [0.25, 0.3) is 0 Å². The minimum Gasteiger partial charge on any atom is -0.299 e. The highest BCUT2D eigenvalue weighted by atomic mass is 16.1. The van der Waals surface area contributed by atoms with E-state index in [0.717, 1.165) is 16.7 Å². The largest absolute Gasteiger partial charge is 0.510 e. The van der Waals surface area contributed by atoms with E-state index in [4.69, 9.17) is 13.1 Å². The van der Waals surface area contributed by atoms with Crippen molar-refractivity contribution in [1.29, 1.82) is 0 Å². The predicted octanol–water partition coefficient (Wildman–Crippen LogP) is 7.28. The maximum atomic E-state index is 13.0. The Labute approximate surface area is 191 Å². The van der Waals surface area contributed by atoms with E-state index in [-0.39, 0.29) is 18.1 Å². The van der Waals surface area contributed by atoms with E-state index in [1.54, 1.807) is 6.08 Å². The number of carbonyl (C=O) groups excluding carboxylic acids is 1. The first-order valence-corrected chi connectivity index (χ1v) is 10.8. The molecule has 0 aromatic heterocycles. The lowest BCUT2D eigenvalue weighted by Crippen LogP contribution is -2.42. The molecule has 3 heteroatoms. The molecule has 0 bridgehead atoms. The van der Waals surface area contributed by atoms with Crippen LogP contribution in [0.5, 0.6) is 0 Å². The number of Topliss-reactive ketones (excluding diaryl/α,β-unsaturated/α-hetero) is 1. The molecule has 3 nitrogen and oxygen atoms in total. The summed E-state index contributed by atoms with van der Waals surface area (Å²) in [5, 5.41) is 0. The van der Waals surface area contributed by atoms with Gasteiger partial charge in [-0.3, -0.25) is 4.79 Å². The van der Waals surface area contributed by atoms with Crippen LogP contribution in [-0.2, 0) is 4.79 Å². The third-order valence-electron chi connectivity index (χ3n) is 6.28. The zero-order valence-electron chi connectivity index (χ0n) is 18.7. The Morgan fingerprint density at radius 2 is 1.62 bits per heavy atom. The minimum absolute atomic E-state index is 0.0795. The predicted molar refractivity (Wildman–Crippen MR) is 130 cm³/mol. The van der Waals surface area contributed by atoms with Crippen molar-refractivity contribution in [2.75, 3.05) is 0 Å². The molecule has 2 aromatic carbocycles. The average molecular weight is 421 g/mol. The summed E-state index contributed by atoms with van der Waals surface area (Å²) < 4.78 is 0. The van der Waals surface area contributed by atoms with E-state index in [1.165, 1.54) is 0 Å². The van der Waals surface area contributed by atoms with Gasteiger partial charge in [0.15, 0.2) is 0 Å². The van der Waals surface area contributed by atoms with Crippen LogP contribution in [0.4, 0.5) is 0 Å². The molecule has 1 aliphatic rings. The van der Waals surface area contributed by atoms with Gasteiger partial charge >= 0.3 is 5.66 Å². The topological polar surface area (TPSA) is 25.8 Å². The van der Waals surface area contributed by atoms with Crippen molar-refractivity contribution in [1.82, 2.24) is 0 Å². The van der Waals surface area contributed by atoms with Gasteiger partial charge < -0.3 is 0 Å². The molecule has 0 amide bonds. The molecular formula is C29H28N2O. The third kappa shape index (κ3) is 4.34. The number of allylic oxidation sites excluding steroid dienone is 2. The number of hydrogen-bond acceptors (Lipinski definition) is 1. The van der Waals surface area contributed by atoms with Crippen LogP contribution in [0, 0.1) is 18.6 Å². The first kappa shape index (κ1) is 23.0. The molecule has 0 heterocycles. The van der Waals surface area contributed by atoms with E-state index in [9.17, 15) is 4.79 Å². The minimum atomic E-state index is -1.45. The quantitative estimate of drug-likeness (QED) is 0.341. The Kier molecular flexibility index (Phi) is 6.92. The zero-order valence-corrected chi connectivity index (χ0v) is 18.7. The molecule has 32 heavy (non-hydrogen) atoms. The summed E-state index contributed by atoms with van der Waals surface area (Å²) in [6.45, 7) is 23.4. The Morgan fingerprint density at radius 1 is 1.03 bits per heavy atom. The van der Waals surface area contributed by atoms with Crippen molar-refractivity contribution in [3.05, 3.63) is 125 Å². The summed E-state index contributed by atoms with van der Waals surface area (Å²) >= 11 is 0. The third-order valence-corrected chi connectivity index (χ3v) is 6.28. The van der Waals surface area contributed by atoms with Gasteiger partial charge in [-0.2, -0.15) is 0 Å². The fraction of sp³-hybridized carbons (Fsp3) is 0.276. The molecule has 1 unspecified atom stereocenters. The second-order valence-electron chi connectivity index (χ2n) is 8.64. The lowest BCUT2D eigenvalue weighted by atomic mass is 9.63. The number of nitrogens with zero attached hydrogens (tertiary/aromatic N) is 2. The van der Waals surface area contributed by atoms with Crippen LogP contribution in [0.3, 0.4) is 0 Å². The van der Waals surface area contributed by atoms with Crippen molar-refractivity contribution in [2.24, 2.45) is 5.41 Å². The molecule has 0 saturated heterocycles. The fourth-order valence-corrected chi connectivity index (χ4v) is 4.69. The normalized spacial score (nSPS) is 16.9. The highest BCUT2D eigenvalue weighted by Crippen LogP contribution is 2.51. The molecule has 2 aromatic rings. The van der Waals surface area contributed by atoms with Gasteiger partial charge in [0, 0.05) is 12.3 Å². The first-order chi connectivity index (χ1) is 15.4. The smallest absolute Gasteiger partial charge is 0.299 e. The van der Waals surface area contributed by atoms with Gasteiger partial charge in [0.05, 0.1) is 5.41 Å². The SMILES string of the molecule is [C-]#[N+]C(CC=C)([N+]#[C-])C1=C(C(/C=C/c2ccccc2)c2ccccc2)CCC(=O)C1(C)C. The Morgan fingerprint density at radius 3 is 2.19 bits per heavy atom. The summed E-state index contributed by atoms with van der Waals surface area (Å²) in [4.78, 5) is 20.6. The van der Waals surface area contributed by atoms with Gasteiger partial charge in [-0.05, 0) is 37.0 Å². The Hall–Kier alpha value is -3.69. The van der Waals surface area contributed by atoms with Crippen LogP contribution in [0.1, 0.15) is 50.2 Å². The number of hydrogen-bond donors (Lipinski definition) is 0. The van der Waals surface area contributed by atoms with Gasteiger partial charge in [0.2, 0.25) is 0 Å². The number of benzene rings is 2. The molecule has 0 N–H and O–H groups in total. The summed E-state index contributed by atoms with van der Waals surface area (Å²) in [5.74, 6) is -0.0534. The molecule has 1 atom stereocenters. The lowest BCUT2D eigenvalue weighted by molar-refractivity contribution is -0.126. The molecule has 1 aliphatic carbocycles. The van der Waals surface area contributed by atoms with Crippen LogP contribution < -0.4 is 0 Å². The molecule has 160 valence electrons. The van der Waals surface area contributed by atoms with Crippen molar-refractivity contribution >= 4 is 11.9 Å². The standard InChI is InChI=1S/C29H28N2O/c1-6-21-29(30-4,31-5)27-25(19-20-26(32)28(27,2)3)24(23-15-11-8-12-16-23)18-17-22-13-9-7-10-14-22/h6-18,24H,1,19-21H2,2-3H3/b18-17+. The summed E-state index contributed by atoms with van der Waals surface area (Å²) in [7, 11) is 0. The number of carbonyl (C=O) groups is 1. The van der Waals surface area contributed by atoms with Gasteiger partial charge in [-0.1, -0.05) is 78.9 Å². The maximum Gasteiger partial charge on any atom is 0.510 e. The van der Waals surface area contributed by atoms with Crippen molar-refractivity contribution < 1.29 is 4.79 Å². The summed E-state index contributed by atoms with van der Waals surface area (Å²) in [6, 6.07) is 20.2. The summed E-state index contributed by atoms with van der Waals surface area (Å²) in [5.41, 5.74) is 1.47. The second-order valence-corrected chi connectivity index (χ2v) is 8.64. The first-order valence-electron chi connectivity index (χ1n) is 10.8. The Balaban J connectivity index is 2.31. The molecular weight excluding hydrogens is 392 g/mol. The van der Waals surface area contributed by atoms with E-state index in [0.29, 0.717) is 18.4 Å². The van der Waals surface area contributed by atoms with Crippen LogP contribution in [0.15, 0.2) is 90.5 Å². The van der Waals surface area contributed by atoms with E-state index < -0.39 is 11.1 Å². The van der Waals surface area contributed by atoms with Crippen LogP contribution >= 0.6 is 0 Å². The van der Waals surface area contributed by atoms with Crippen molar-refractivity contribution in [2.45, 2.75) is 44.7 Å². The average Bonchev–Trinajstić information content (AvgIpc) is 2.82. The van der Waals surface area contributed by atoms with Crippen molar-refractivity contribution in [3.8, 4) is 0 Å². The van der Waals surface area contributed by atoms with Crippen LogP contribution in [0.2, 0.25) is 0 Å². The van der Waals surface area contributed by atoms with Gasteiger partial charge in [-0.15, -0.1) is 6.58 Å². The molecule has 0 aliphatic heterocycles. The highest BCUT2D eigenvalue weighted by Gasteiger charge is 2.58. The lowest BCUT2D eigenvalue weighted by Gasteiger charge is -2.36. The van der Waals surface area contributed by atoms with Gasteiger partial charge in [-0.25, -0.2) is 22.8 Å². The van der Waals surface area contributed by atoms with E-state index in [1.807, 2.05) is 62.4 Å². The van der Waals surface area contributed by atoms with Crippen molar-refractivity contribution in [3.63, 3.8) is 0 Å². The summed E-state index contributed by atoms with van der Waals surface area (Å²) in [6.07, 6.45) is 6.98. The Bertz CT molecular complexity index is 1110. The fourth-order valence-electron chi connectivity index (χ4n) is 4.69. The molecule has 3 rings (SSSR count). The van der Waals surface area contributed by atoms with E-state index in [2.05, 4.69) is 40.6 Å². The maximum absolute atomic E-state index is 13.0. The second kappa shape index (κ2) is 9.63. The van der Waals surface area contributed by atoms with Gasteiger partial charge in [0.1, 0.15) is 17.8 Å². The number of ketones is 1. The van der Waals surface area contributed by atoms with Crippen LogP contribution in [-0.4, -0.2) is 11.4 Å². The highest BCUT2D eigenvalue weighted by molar-refractivity contribution is 5.90. The zero-order chi connectivity index (χ0) is 23.2. The molecule has 0 fully saturated rings. The molecule has 0 spiro atoms. The molecule has 0 radical (unpaired) electrons. The van der Waals surface area contributed by atoms with Crippen LogP contribution in [0.25, 0.3) is 15.8 Å².